The van der Waals surface area contributed by atoms with Crippen LogP contribution in [0.1, 0.15) is 30.6 Å². The average molecular weight is 412 g/mol. The van der Waals surface area contributed by atoms with Gasteiger partial charge in [-0.1, -0.05) is 13.8 Å². The van der Waals surface area contributed by atoms with Crippen molar-refractivity contribution in [3.8, 4) is 5.75 Å². The summed E-state index contributed by atoms with van der Waals surface area (Å²) in [5.41, 5.74) is 4.85. The average Bonchev–Trinajstić information content (AvgIpc) is 2.53. The van der Waals surface area contributed by atoms with E-state index in [0.717, 1.165) is 18.2 Å². The molecule has 0 saturated carbocycles. The van der Waals surface area contributed by atoms with Crippen molar-refractivity contribution < 1.29 is 27.6 Å². The summed E-state index contributed by atoms with van der Waals surface area (Å²) >= 11 is 0. The molecule has 2 rings (SSSR count). The van der Waals surface area contributed by atoms with E-state index in [9.17, 15) is 28.1 Å². The minimum Gasteiger partial charge on any atom is -0.484 e. The first-order valence-corrected chi connectivity index (χ1v) is 7.93. The third-order valence-electron chi connectivity index (χ3n) is 4.40. The van der Waals surface area contributed by atoms with Gasteiger partial charge in [0.2, 0.25) is 0 Å². The van der Waals surface area contributed by atoms with Crippen molar-refractivity contribution in [3.05, 3.63) is 33.9 Å². The zero-order chi connectivity index (χ0) is 19.7. The lowest BCUT2D eigenvalue weighted by Gasteiger charge is -2.42. The summed E-state index contributed by atoms with van der Waals surface area (Å²) in [7, 11) is 0. The molecule has 1 unspecified atom stereocenters. The zero-order valence-corrected chi connectivity index (χ0v) is 15.6. The lowest BCUT2D eigenvalue weighted by molar-refractivity contribution is -0.385. The number of benzene rings is 1. The van der Waals surface area contributed by atoms with Crippen molar-refractivity contribution >= 4 is 24.0 Å². The summed E-state index contributed by atoms with van der Waals surface area (Å²) < 4.78 is 41.5. The molecule has 2 N–H and O–H groups in total. The molecule has 1 fully saturated rings. The van der Waals surface area contributed by atoms with Crippen molar-refractivity contribution in [2.24, 2.45) is 11.1 Å². The number of carbonyl (C=O) groups is 1. The van der Waals surface area contributed by atoms with Crippen molar-refractivity contribution in [2.45, 2.75) is 32.5 Å². The van der Waals surface area contributed by atoms with Gasteiger partial charge in [0.15, 0.2) is 6.61 Å². The topological polar surface area (TPSA) is 98.7 Å². The molecule has 7 nitrogen and oxygen atoms in total. The van der Waals surface area contributed by atoms with Crippen molar-refractivity contribution in [3.63, 3.8) is 0 Å². The van der Waals surface area contributed by atoms with Crippen LogP contribution in [0, 0.1) is 15.5 Å². The largest absolute Gasteiger partial charge is 0.484 e. The summed E-state index contributed by atoms with van der Waals surface area (Å²) in [4.78, 5) is 24.7. The van der Waals surface area contributed by atoms with Crippen LogP contribution in [0.25, 0.3) is 0 Å². The van der Waals surface area contributed by atoms with Crippen LogP contribution in [0.15, 0.2) is 18.2 Å². The number of rotatable bonds is 4. The van der Waals surface area contributed by atoms with Gasteiger partial charge >= 0.3 is 6.18 Å². The van der Waals surface area contributed by atoms with Gasteiger partial charge in [0, 0.05) is 25.2 Å². The van der Waals surface area contributed by atoms with E-state index in [1.54, 1.807) is 0 Å². The van der Waals surface area contributed by atoms with Crippen molar-refractivity contribution in [2.75, 3.05) is 19.7 Å². The number of piperidine rings is 1. The Kier molecular flexibility index (Phi) is 7.06. The van der Waals surface area contributed by atoms with Crippen LogP contribution in [0.3, 0.4) is 0 Å². The molecule has 0 radical (unpaired) electrons. The first-order valence-electron chi connectivity index (χ1n) is 7.93. The summed E-state index contributed by atoms with van der Waals surface area (Å²) in [6, 6.07) is 2.87. The van der Waals surface area contributed by atoms with Crippen LogP contribution in [0.5, 0.6) is 5.75 Å². The zero-order valence-electron chi connectivity index (χ0n) is 14.8. The molecule has 1 aromatic carbocycles. The molecule has 0 aliphatic carbocycles. The van der Waals surface area contributed by atoms with Gasteiger partial charge in [-0.05, 0) is 24.0 Å². The highest BCUT2D eigenvalue weighted by atomic mass is 35.5. The van der Waals surface area contributed by atoms with Gasteiger partial charge in [0.1, 0.15) is 11.3 Å². The Morgan fingerprint density at radius 2 is 2.07 bits per heavy atom. The highest BCUT2D eigenvalue weighted by molar-refractivity contribution is 5.98. The highest BCUT2D eigenvalue weighted by Crippen LogP contribution is 2.31. The number of amides is 1. The fourth-order valence-corrected chi connectivity index (χ4v) is 2.82. The van der Waals surface area contributed by atoms with Gasteiger partial charge in [0.05, 0.1) is 4.92 Å². The monoisotopic (exact) mass is 411 g/mol. The van der Waals surface area contributed by atoms with Crippen LogP contribution >= 0.6 is 12.4 Å². The predicted octanol–water partition coefficient (Wildman–Crippen LogP) is 3.16. The first-order chi connectivity index (χ1) is 11.9. The third-order valence-corrected chi connectivity index (χ3v) is 4.40. The second kappa shape index (κ2) is 8.30. The summed E-state index contributed by atoms with van der Waals surface area (Å²) in [5.74, 6) is -0.890. The highest BCUT2D eigenvalue weighted by Gasteiger charge is 2.37. The number of carbonyl (C=O) groups excluding carboxylic acids is 1. The van der Waals surface area contributed by atoms with E-state index in [2.05, 4.69) is 4.74 Å². The van der Waals surface area contributed by atoms with Crippen LogP contribution < -0.4 is 10.5 Å². The van der Waals surface area contributed by atoms with Crippen molar-refractivity contribution in [1.29, 1.82) is 0 Å². The molecule has 11 heteroatoms. The van der Waals surface area contributed by atoms with E-state index in [0.29, 0.717) is 13.0 Å². The van der Waals surface area contributed by atoms with E-state index >= 15 is 0 Å². The lowest BCUT2D eigenvalue weighted by Crippen LogP contribution is -2.54. The number of ether oxygens (including phenoxy) is 1. The molecule has 1 amide bonds. The SMILES string of the molecule is CC1(C)CN(C(=O)c2cc(OCC(F)(F)F)ccc2[N+](=O)[O-])CCC1N.Cl. The quantitative estimate of drug-likeness (QED) is 0.606. The maximum absolute atomic E-state index is 12.8. The normalized spacial score (nSPS) is 19.2. The number of nitro benzene ring substituents is 1. The van der Waals surface area contributed by atoms with Gasteiger partial charge < -0.3 is 15.4 Å². The number of nitro groups is 1. The van der Waals surface area contributed by atoms with Crippen LogP contribution in [-0.4, -0.2) is 47.6 Å². The van der Waals surface area contributed by atoms with Crippen LogP contribution in [0.2, 0.25) is 0 Å². The molecule has 1 saturated heterocycles. The molecule has 0 spiro atoms. The number of likely N-dealkylation sites (tertiary alicyclic amines) is 1. The Morgan fingerprint density at radius 3 is 2.59 bits per heavy atom. The number of nitrogens with zero attached hydrogens (tertiary/aromatic N) is 2. The first kappa shape index (κ1) is 23.0. The van der Waals surface area contributed by atoms with Gasteiger partial charge in [-0.3, -0.25) is 14.9 Å². The molecule has 152 valence electrons. The second-order valence-electron chi connectivity index (χ2n) is 6.95. The van der Waals surface area contributed by atoms with Gasteiger partial charge in [0.25, 0.3) is 11.6 Å². The van der Waals surface area contributed by atoms with E-state index in [-0.39, 0.29) is 41.7 Å². The molecule has 1 aromatic rings. The molecule has 1 aliphatic rings. The minimum atomic E-state index is -4.56. The molecular formula is C16H21ClF3N3O4. The van der Waals surface area contributed by atoms with Gasteiger partial charge in [-0.2, -0.15) is 13.2 Å². The maximum Gasteiger partial charge on any atom is 0.422 e. The third kappa shape index (κ3) is 5.70. The van der Waals surface area contributed by atoms with Gasteiger partial charge in [-0.15, -0.1) is 12.4 Å². The Hall–Kier alpha value is -2.07. The van der Waals surface area contributed by atoms with Gasteiger partial charge in [-0.25, -0.2) is 0 Å². The Morgan fingerprint density at radius 1 is 1.44 bits per heavy atom. The molecule has 1 aliphatic heterocycles. The number of hydrogen-bond donors (Lipinski definition) is 1. The summed E-state index contributed by atoms with van der Waals surface area (Å²) in [6.45, 7) is 2.82. The van der Waals surface area contributed by atoms with E-state index < -0.39 is 29.3 Å². The standard InChI is InChI=1S/C16H20F3N3O4.ClH/c1-15(2)8-21(6-5-13(15)20)14(23)11-7-10(26-9-16(17,18)19)3-4-12(11)22(24)25;/h3-4,7,13H,5-6,8-9,20H2,1-2H3;1H. The Bertz CT molecular complexity index is 713. The molecule has 1 atom stereocenters. The second-order valence-corrected chi connectivity index (χ2v) is 6.95. The maximum atomic E-state index is 12.8. The number of halogens is 4. The van der Waals surface area contributed by atoms with E-state index in [4.69, 9.17) is 5.73 Å². The van der Waals surface area contributed by atoms with Crippen LogP contribution in [0.4, 0.5) is 18.9 Å². The van der Waals surface area contributed by atoms with Crippen molar-refractivity contribution in [1.82, 2.24) is 4.90 Å². The molecule has 1 heterocycles. The molecule has 0 aromatic heterocycles. The fourth-order valence-electron chi connectivity index (χ4n) is 2.82. The Balaban J connectivity index is 0.00000364. The molecule has 27 heavy (non-hydrogen) atoms. The number of hydrogen-bond acceptors (Lipinski definition) is 5. The fraction of sp³-hybridized carbons (Fsp3) is 0.562. The molecular weight excluding hydrogens is 391 g/mol. The summed E-state index contributed by atoms with van der Waals surface area (Å²) in [5, 5.41) is 11.2. The number of alkyl halides is 3. The summed E-state index contributed by atoms with van der Waals surface area (Å²) in [6.07, 6.45) is -4.03. The molecule has 0 bridgehead atoms. The predicted molar refractivity (Wildman–Crippen MR) is 94.2 cm³/mol. The minimum absolute atomic E-state index is 0. The number of nitrogens with two attached hydrogens (primary N) is 1. The lowest BCUT2D eigenvalue weighted by atomic mass is 9.79. The Labute approximate surface area is 160 Å². The van der Waals surface area contributed by atoms with Crippen LogP contribution in [-0.2, 0) is 0 Å². The smallest absolute Gasteiger partial charge is 0.422 e. The van der Waals surface area contributed by atoms with E-state index in [1.165, 1.54) is 4.90 Å². The van der Waals surface area contributed by atoms with E-state index in [1.807, 2.05) is 13.8 Å².